The van der Waals surface area contributed by atoms with Crippen LogP contribution in [0, 0.1) is 11.3 Å². The molecule has 1 aromatic carbocycles. The number of halogens is 6. The predicted molar refractivity (Wildman–Crippen MR) is 62.7 cm³/mol. The van der Waals surface area contributed by atoms with Gasteiger partial charge in [-0.3, -0.25) is 0 Å². The molecule has 10 heteroatoms. The highest BCUT2D eigenvalue weighted by Gasteiger charge is 2.42. The number of hydrogen-bond donors (Lipinski definition) is 1. The Morgan fingerprint density at radius 3 is 2.18 bits per heavy atom. The molecule has 0 bridgehead atoms. The average molecular weight is 320 g/mol. The molecule has 0 aliphatic rings. The second-order valence-corrected chi connectivity index (χ2v) is 4.21. The molecule has 0 unspecified atom stereocenters. The lowest BCUT2D eigenvalue weighted by Gasteiger charge is -2.11. The summed E-state index contributed by atoms with van der Waals surface area (Å²) >= 11 is 0. The molecule has 0 radical (unpaired) electrons. The van der Waals surface area contributed by atoms with Crippen LogP contribution in [0.5, 0.6) is 0 Å². The van der Waals surface area contributed by atoms with E-state index >= 15 is 0 Å². The number of rotatable bonds is 1. The van der Waals surface area contributed by atoms with Crippen molar-refractivity contribution in [3.8, 4) is 11.8 Å². The fourth-order valence-electron chi connectivity index (χ4n) is 1.73. The van der Waals surface area contributed by atoms with Crippen molar-refractivity contribution < 1.29 is 26.3 Å². The van der Waals surface area contributed by atoms with Gasteiger partial charge in [-0.2, -0.15) is 36.7 Å². The second-order valence-electron chi connectivity index (χ2n) is 4.21. The van der Waals surface area contributed by atoms with Gasteiger partial charge < -0.3 is 5.73 Å². The van der Waals surface area contributed by atoms with Gasteiger partial charge in [-0.1, -0.05) is 0 Å². The summed E-state index contributed by atoms with van der Waals surface area (Å²) in [5.41, 5.74) is 1.36. The quantitative estimate of drug-likeness (QED) is 0.647. The molecule has 116 valence electrons. The van der Waals surface area contributed by atoms with E-state index in [0.717, 1.165) is 18.2 Å². The van der Waals surface area contributed by atoms with Crippen molar-refractivity contribution in [1.82, 2.24) is 9.78 Å². The van der Waals surface area contributed by atoms with Gasteiger partial charge in [0, 0.05) is 11.8 Å². The molecule has 2 aromatic rings. The number of nitrogens with zero attached hydrogens (tertiary/aromatic N) is 3. The first-order valence-corrected chi connectivity index (χ1v) is 5.58. The lowest BCUT2D eigenvalue weighted by Crippen LogP contribution is -2.14. The maximum absolute atomic E-state index is 12.9. The Balaban J connectivity index is 2.75. The Morgan fingerprint density at radius 1 is 1.05 bits per heavy atom. The van der Waals surface area contributed by atoms with E-state index in [1.807, 2.05) is 0 Å². The van der Waals surface area contributed by atoms with Gasteiger partial charge in [0.2, 0.25) is 0 Å². The highest BCUT2D eigenvalue weighted by molar-refractivity contribution is 5.57. The number of aromatic nitrogens is 2. The van der Waals surface area contributed by atoms with Crippen molar-refractivity contribution in [3.05, 3.63) is 41.2 Å². The minimum absolute atomic E-state index is 0.0425. The topological polar surface area (TPSA) is 67.6 Å². The third-order valence-corrected chi connectivity index (χ3v) is 2.66. The van der Waals surface area contributed by atoms with Crippen LogP contribution in [0.4, 0.5) is 32.0 Å². The first-order chi connectivity index (χ1) is 10.0. The van der Waals surface area contributed by atoms with Crippen molar-refractivity contribution in [3.63, 3.8) is 0 Å². The molecule has 0 saturated heterocycles. The van der Waals surface area contributed by atoms with E-state index in [0.29, 0.717) is 0 Å². The zero-order valence-corrected chi connectivity index (χ0v) is 10.5. The maximum Gasteiger partial charge on any atom is 0.435 e. The van der Waals surface area contributed by atoms with Crippen molar-refractivity contribution in [2.45, 2.75) is 12.4 Å². The van der Waals surface area contributed by atoms with Gasteiger partial charge in [0.25, 0.3) is 0 Å². The second kappa shape index (κ2) is 4.94. The van der Waals surface area contributed by atoms with Crippen LogP contribution >= 0.6 is 0 Å². The molecular formula is C12H6F6N4. The molecule has 2 N–H and O–H groups in total. The number of benzene rings is 1. The number of nitriles is 1. The van der Waals surface area contributed by atoms with E-state index in [4.69, 9.17) is 11.0 Å². The molecular weight excluding hydrogens is 314 g/mol. The van der Waals surface area contributed by atoms with Crippen LogP contribution in [0.1, 0.15) is 17.0 Å². The van der Waals surface area contributed by atoms with Crippen LogP contribution in [0.3, 0.4) is 0 Å². The van der Waals surface area contributed by atoms with Crippen LogP contribution in [-0.4, -0.2) is 9.78 Å². The summed E-state index contributed by atoms with van der Waals surface area (Å²) in [5.74, 6) is 0. The van der Waals surface area contributed by atoms with E-state index in [9.17, 15) is 26.3 Å². The van der Waals surface area contributed by atoms with Gasteiger partial charge >= 0.3 is 12.4 Å². The molecule has 0 aliphatic carbocycles. The largest absolute Gasteiger partial charge is 0.435 e. The van der Waals surface area contributed by atoms with Crippen molar-refractivity contribution in [2.24, 2.45) is 0 Å². The standard InChI is InChI=1S/C12H6F6N4/c13-11(14,15)9-4-10(12(16,17)18)22(21-9)8-2-1-7(20)3-6(8)5-19/h1-4H,20H2. The number of anilines is 1. The lowest BCUT2D eigenvalue weighted by atomic mass is 10.1. The molecule has 4 nitrogen and oxygen atoms in total. The summed E-state index contributed by atoms with van der Waals surface area (Å²) in [5, 5.41) is 11.9. The molecule has 22 heavy (non-hydrogen) atoms. The van der Waals surface area contributed by atoms with Crippen LogP contribution in [0.2, 0.25) is 0 Å². The van der Waals surface area contributed by atoms with Crippen molar-refractivity contribution >= 4 is 5.69 Å². The van der Waals surface area contributed by atoms with Crippen molar-refractivity contribution in [1.29, 1.82) is 5.26 Å². The summed E-state index contributed by atoms with van der Waals surface area (Å²) in [6, 6.07) is 4.66. The first-order valence-electron chi connectivity index (χ1n) is 5.58. The summed E-state index contributed by atoms with van der Waals surface area (Å²) in [7, 11) is 0. The summed E-state index contributed by atoms with van der Waals surface area (Å²) in [4.78, 5) is 0. The van der Waals surface area contributed by atoms with Crippen LogP contribution in [0.15, 0.2) is 24.3 Å². The molecule has 0 spiro atoms. The van der Waals surface area contributed by atoms with E-state index in [1.54, 1.807) is 6.07 Å². The molecule has 2 rings (SSSR count). The molecule has 1 aromatic heterocycles. The van der Waals surface area contributed by atoms with E-state index < -0.39 is 29.4 Å². The van der Waals surface area contributed by atoms with Gasteiger partial charge in [0.1, 0.15) is 11.8 Å². The molecule has 0 saturated carbocycles. The fourth-order valence-corrected chi connectivity index (χ4v) is 1.73. The fraction of sp³-hybridized carbons (Fsp3) is 0.167. The number of hydrogen-bond acceptors (Lipinski definition) is 3. The zero-order valence-electron chi connectivity index (χ0n) is 10.5. The minimum atomic E-state index is -5.08. The number of nitrogens with two attached hydrogens (primary N) is 1. The summed E-state index contributed by atoms with van der Waals surface area (Å²) in [6.45, 7) is 0. The molecule has 0 atom stereocenters. The molecule has 1 heterocycles. The Morgan fingerprint density at radius 2 is 1.68 bits per heavy atom. The first kappa shape index (κ1) is 15.7. The van der Waals surface area contributed by atoms with Gasteiger partial charge in [0.05, 0.1) is 11.3 Å². The highest BCUT2D eigenvalue weighted by Crippen LogP contribution is 2.36. The van der Waals surface area contributed by atoms with E-state index in [1.165, 1.54) is 0 Å². The normalized spacial score (nSPS) is 12.2. The van der Waals surface area contributed by atoms with Gasteiger partial charge in [-0.15, -0.1) is 0 Å². The molecule has 0 fully saturated rings. The van der Waals surface area contributed by atoms with Crippen LogP contribution in [0.25, 0.3) is 5.69 Å². The smallest absolute Gasteiger partial charge is 0.399 e. The molecule has 0 aliphatic heterocycles. The van der Waals surface area contributed by atoms with Gasteiger partial charge in [-0.25, -0.2) is 4.68 Å². The SMILES string of the molecule is N#Cc1cc(N)ccc1-n1nc(C(F)(F)F)cc1C(F)(F)F. The van der Waals surface area contributed by atoms with E-state index in [-0.39, 0.29) is 22.0 Å². The third-order valence-electron chi connectivity index (χ3n) is 2.66. The maximum atomic E-state index is 12.9. The number of alkyl halides is 6. The Bertz CT molecular complexity index is 750. The minimum Gasteiger partial charge on any atom is -0.399 e. The lowest BCUT2D eigenvalue weighted by molar-refractivity contribution is -0.143. The Kier molecular flexibility index (Phi) is 3.52. The van der Waals surface area contributed by atoms with Gasteiger partial charge in [0.15, 0.2) is 5.69 Å². The highest BCUT2D eigenvalue weighted by atomic mass is 19.4. The summed E-state index contributed by atoms with van der Waals surface area (Å²) in [6.07, 6.45) is -10.1. The van der Waals surface area contributed by atoms with Crippen LogP contribution in [-0.2, 0) is 12.4 Å². The summed E-state index contributed by atoms with van der Waals surface area (Å²) < 4.78 is 76.6. The van der Waals surface area contributed by atoms with E-state index in [2.05, 4.69) is 5.10 Å². The third kappa shape index (κ3) is 2.83. The molecule has 0 amide bonds. The Labute approximate surface area is 119 Å². The average Bonchev–Trinajstić information content (AvgIpc) is 2.83. The van der Waals surface area contributed by atoms with Crippen LogP contribution < -0.4 is 5.73 Å². The monoisotopic (exact) mass is 320 g/mol. The zero-order chi connectivity index (χ0) is 16.7. The van der Waals surface area contributed by atoms with Crippen molar-refractivity contribution in [2.75, 3.05) is 5.73 Å². The number of nitrogen functional groups attached to an aromatic ring is 1. The predicted octanol–water partition coefficient (Wildman–Crippen LogP) is 3.36. The Hall–Kier alpha value is -2.70. The van der Waals surface area contributed by atoms with Gasteiger partial charge in [-0.05, 0) is 18.2 Å².